The summed E-state index contributed by atoms with van der Waals surface area (Å²) in [6, 6.07) is 20.4. The summed E-state index contributed by atoms with van der Waals surface area (Å²) in [5.74, 6) is 0. The monoisotopic (exact) mass is 572 g/mol. The zero-order valence-electron chi connectivity index (χ0n) is 18.5. The molecule has 0 amide bonds. The van der Waals surface area contributed by atoms with Crippen molar-refractivity contribution in [3.05, 3.63) is 60.7 Å². The van der Waals surface area contributed by atoms with Crippen LogP contribution < -0.4 is 10.6 Å². The molecule has 2 aromatic rings. The molecule has 35 heavy (non-hydrogen) atoms. The fraction of sp³-hybridized carbons (Fsp3) is 0.250. The Morgan fingerprint density at radius 2 is 0.686 bits per heavy atom. The fourth-order valence-electron chi connectivity index (χ4n) is 1.52. The second-order valence-corrected chi connectivity index (χ2v) is 7.82. The lowest BCUT2D eigenvalue weighted by molar-refractivity contribution is 0.378. The Hall–Kier alpha value is -2.43. The fourth-order valence-corrected chi connectivity index (χ4v) is 1.52. The van der Waals surface area contributed by atoms with Crippen molar-refractivity contribution in [3.8, 4) is 0 Å². The van der Waals surface area contributed by atoms with Gasteiger partial charge in [0.15, 0.2) is 0 Å². The van der Waals surface area contributed by atoms with Crippen molar-refractivity contribution in [2.24, 2.45) is 0 Å². The summed E-state index contributed by atoms with van der Waals surface area (Å²) in [6.45, 7) is 6.16. The van der Waals surface area contributed by atoms with Crippen molar-refractivity contribution < 1.29 is 63.5 Å². The zero-order chi connectivity index (χ0) is 26.6. The number of hydrogen-bond donors (Lipinski definition) is 8. The average Bonchev–Trinajstić information content (AvgIpc) is 2.60. The van der Waals surface area contributed by atoms with Crippen molar-refractivity contribution >= 4 is 42.6 Å². The minimum Gasteiger partial charge on any atom is -0.412 e. The topological polar surface area (TPSA) is 311 Å². The number of hydrogen-bond acceptors (Lipinski definition) is 8. The normalized spacial score (nSPS) is 9.60. The maximum atomic E-state index is 8.74. The first-order chi connectivity index (χ1) is 14.9. The molecule has 208 valence electrons. The van der Waals surface area contributed by atoms with E-state index in [-0.39, 0.29) is 11.0 Å². The van der Waals surface area contributed by atoms with E-state index in [9.17, 15) is 0 Å². The van der Waals surface area contributed by atoms with Crippen LogP contribution in [-0.2, 0) is 31.2 Å². The van der Waals surface area contributed by atoms with Crippen molar-refractivity contribution in [1.29, 1.82) is 0 Å². The minimum atomic E-state index is -4.67. The van der Waals surface area contributed by atoms with E-state index in [1.807, 2.05) is 36.4 Å². The van der Waals surface area contributed by atoms with Crippen molar-refractivity contribution in [1.82, 2.24) is 0 Å². The summed E-state index contributed by atoms with van der Waals surface area (Å²) in [4.78, 5) is 0. The van der Waals surface area contributed by atoms with Crippen LogP contribution in [0.4, 0.5) is 11.4 Å². The maximum Gasteiger partial charge on any atom is 0.394 e. The van der Waals surface area contributed by atoms with Crippen LogP contribution in [0.5, 0.6) is 0 Å². The first-order valence-corrected chi connectivity index (χ1v) is 12.7. The lowest BCUT2D eigenvalue weighted by Gasteiger charge is -1.99. The van der Waals surface area contributed by atoms with Gasteiger partial charge in [0.2, 0.25) is 0 Å². The first-order valence-electron chi connectivity index (χ1n) is 8.54. The van der Waals surface area contributed by atoms with Gasteiger partial charge in [-0.1, -0.05) is 36.4 Å². The molecule has 0 heterocycles. The quantitative estimate of drug-likeness (QED) is 0.233. The molecule has 16 nitrogen and oxygen atoms in total. The van der Waals surface area contributed by atoms with Gasteiger partial charge in [0.1, 0.15) is 0 Å². The molecule has 2 aromatic carbocycles. The van der Waals surface area contributed by atoms with Gasteiger partial charge in [-0.2, -0.15) is 25.3 Å². The molecule has 0 aliphatic heterocycles. The van der Waals surface area contributed by atoms with Crippen LogP contribution in [0.25, 0.3) is 0 Å². The Morgan fingerprint density at radius 3 is 0.829 bits per heavy atom. The van der Waals surface area contributed by atoms with Crippen LogP contribution in [0, 0.1) is 0 Å². The first kappa shape index (κ1) is 42.7. The van der Waals surface area contributed by atoms with Gasteiger partial charge >= 0.3 is 31.2 Å². The van der Waals surface area contributed by atoms with Crippen molar-refractivity contribution in [2.45, 2.75) is 13.8 Å². The molecule has 0 unspecified atom stereocenters. The summed E-state index contributed by atoms with van der Waals surface area (Å²) in [7, 11) is -14.0. The molecule has 12 N–H and O–H groups in total. The molecule has 0 aromatic heterocycles. The Balaban J connectivity index is -0.000000109. The van der Waals surface area contributed by atoms with Gasteiger partial charge in [-0.25, -0.2) is 0 Å². The summed E-state index contributed by atoms with van der Waals surface area (Å²) in [5.41, 5.74) is 2.39. The maximum absolute atomic E-state index is 8.74. The molecule has 0 fully saturated rings. The van der Waals surface area contributed by atoms with Gasteiger partial charge in [-0.05, 0) is 38.1 Å². The molecule has 0 atom stereocenters. The second kappa shape index (κ2) is 23.3. The molecule has 19 heteroatoms. The number of para-hydroxylation sites is 2. The van der Waals surface area contributed by atoms with E-state index < -0.39 is 31.2 Å². The predicted molar refractivity (Wildman–Crippen MR) is 131 cm³/mol. The summed E-state index contributed by atoms with van der Waals surface area (Å²) < 4.78 is 94.8. The molecule has 0 bridgehead atoms. The molecular formula is C16H32N2O14S3. The average molecular weight is 573 g/mol. The van der Waals surface area contributed by atoms with Gasteiger partial charge in [-0.3, -0.25) is 27.3 Å². The molecule has 0 aliphatic carbocycles. The molecule has 0 saturated carbocycles. The van der Waals surface area contributed by atoms with E-state index in [1.165, 1.54) is 11.4 Å². The smallest absolute Gasteiger partial charge is 0.394 e. The van der Waals surface area contributed by atoms with Crippen LogP contribution >= 0.6 is 0 Å². The molecule has 0 spiro atoms. The number of nitrogens with one attached hydrogen (secondary N) is 2. The number of anilines is 2. The standard InChI is InChI=1S/2C8H11N.3H2O4S.2H2O/c2*1-2-9-8-6-4-3-5-7-8;3*1-5(2,3)4;;/h2*3-7,9H,2H2,1H3;3*(H2,1,2,3,4);2*1H2. The van der Waals surface area contributed by atoms with Gasteiger partial charge < -0.3 is 21.6 Å². The largest absolute Gasteiger partial charge is 0.412 e. The van der Waals surface area contributed by atoms with Crippen LogP contribution in [0.15, 0.2) is 60.7 Å². The number of benzene rings is 2. The van der Waals surface area contributed by atoms with Gasteiger partial charge in [0, 0.05) is 24.5 Å². The zero-order valence-corrected chi connectivity index (χ0v) is 21.0. The van der Waals surface area contributed by atoms with E-state index in [0.29, 0.717) is 0 Å². The van der Waals surface area contributed by atoms with E-state index in [4.69, 9.17) is 52.6 Å². The number of rotatable bonds is 4. The Labute approximate surface area is 204 Å². The lowest BCUT2D eigenvalue weighted by Crippen LogP contribution is -1.94. The third-order valence-electron chi connectivity index (χ3n) is 2.31. The van der Waals surface area contributed by atoms with E-state index in [0.717, 1.165) is 13.1 Å². The molecule has 0 saturated heterocycles. The van der Waals surface area contributed by atoms with Gasteiger partial charge in [-0.15, -0.1) is 0 Å². The van der Waals surface area contributed by atoms with E-state index in [2.05, 4.69) is 48.7 Å². The molecule has 0 aliphatic rings. The Morgan fingerprint density at radius 1 is 0.514 bits per heavy atom. The lowest BCUT2D eigenvalue weighted by atomic mass is 10.3. The predicted octanol–water partition coefficient (Wildman–Crippen LogP) is 0.629. The highest BCUT2D eigenvalue weighted by Gasteiger charge is 1.86. The van der Waals surface area contributed by atoms with Crippen LogP contribution in [0.2, 0.25) is 0 Å². The second-order valence-electron chi connectivity index (χ2n) is 5.14. The highest BCUT2D eigenvalue weighted by molar-refractivity contribution is 7.80. The molecule has 0 radical (unpaired) electrons. The third kappa shape index (κ3) is 72.1. The van der Waals surface area contributed by atoms with Crippen molar-refractivity contribution in [2.75, 3.05) is 23.7 Å². The van der Waals surface area contributed by atoms with Crippen LogP contribution in [-0.4, -0.2) is 76.6 Å². The van der Waals surface area contributed by atoms with E-state index >= 15 is 0 Å². The summed E-state index contributed by atoms with van der Waals surface area (Å²) in [5, 5.41) is 6.42. The molecule has 2 rings (SSSR count). The van der Waals surface area contributed by atoms with Gasteiger partial charge in [0.05, 0.1) is 0 Å². The van der Waals surface area contributed by atoms with Crippen molar-refractivity contribution in [3.63, 3.8) is 0 Å². The van der Waals surface area contributed by atoms with Gasteiger partial charge in [0.25, 0.3) is 0 Å². The SMILES string of the molecule is CCNc1ccccc1.CCNc1ccccc1.O.O.O=S(=O)(O)O.O=S(=O)(O)O.O=S(=O)(O)O. The Kier molecular flexibility index (Phi) is 28.5. The minimum absolute atomic E-state index is 0. The molecular weight excluding hydrogens is 540 g/mol. The van der Waals surface area contributed by atoms with Crippen LogP contribution in [0.1, 0.15) is 13.8 Å². The highest BCUT2D eigenvalue weighted by atomic mass is 32.3. The summed E-state index contributed by atoms with van der Waals surface area (Å²) in [6.07, 6.45) is 0. The third-order valence-corrected chi connectivity index (χ3v) is 2.31. The highest BCUT2D eigenvalue weighted by Crippen LogP contribution is 2.03. The van der Waals surface area contributed by atoms with E-state index in [1.54, 1.807) is 0 Å². The van der Waals surface area contributed by atoms with Crippen LogP contribution in [0.3, 0.4) is 0 Å². The summed E-state index contributed by atoms with van der Waals surface area (Å²) >= 11 is 0. The Bertz CT molecular complexity index is 897.